The first-order chi connectivity index (χ1) is 8.07. The lowest BCUT2D eigenvalue weighted by Gasteiger charge is -2.15. The molecular formula is C9H3F6NO2. The number of hydrogen-bond donors (Lipinski definition) is 1. The molecule has 0 fully saturated rings. The molecule has 1 aromatic carbocycles. The van der Waals surface area contributed by atoms with E-state index in [4.69, 9.17) is 10.4 Å². The van der Waals surface area contributed by atoms with E-state index in [1.165, 1.54) is 0 Å². The van der Waals surface area contributed by atoms with E-state index >= 15 is 0 Å². The molecule has 0 saturated carbocycles. The number of benzene rings is 1. The molecule has 1 N–H and O–H groups in total. The van der Waals surface area contributed by atoms with Gasteiger partial charge in [0.15, 0.2) is 11.5 Å². The minimum absolute atomic E-state index is 0.0436. The molecule has 0 aromatic heterocycles. The number of nitriles is 1. The van der Waals surface area contributed by atoms with Crippen molar-refractivity contribution >= 4 is 0 Å². The summed E-state index contributed by atoms with van der Waals surface area (Å²) in [6.07, 6.45) is -9.42. The molecule has 0 saturated heterocycles. The standard InChI is InChI=1S/C9H3F6NO2/c10-8(11,12)4-1-5(9(13,14)15)7(18-3-16)6(17)2-4/h1-2,17H. The molecule has 3 nitrogen and oxygen atoms in total. The number of alkyl halides is 6. The SMILES string of the molecule is N#COc1c(O)cc(C(F)(F)F)cc1C(F)(F)F. The van der Waals surface area contributed by atoms with E-state index in [0.717, 1.165) is 6.26 Å². The maximum atomic E-state index is 12.5. The van der Waals surface area contributed by atoms with E-state index in [2.05, 4.69) is 4.74 Å². The summed E-state index contributed by atoms with van der Waals surface area (Å²) in [5, 5.41) is 17.1. The quantitative estimate of drug-likeness (QED) is 0.629. The molecule has 1 rings (SSSR count). The zero-order valence-electron chi connectivity index (χ0n) is 8.23. The number of phenolic OH excluding ortho intramolecular Hbond substituents is 1. The van der Waals surface area contributed by atoms with Crippen molar-refractivity contribution in [1.82, 2.24) is 0 Å². The molecule has 0 aliphatic rings. The molecule has 0 aliphatic carbocycles. The highest BCUT2D eigenvalue weighted by Gasteiger charge is 2.40. The van der Waals surface area contributed by atoms with Crippen LogP contribution in [-0.2, 0) is 12.4 Å². The van der Waals surface area contributed by atoms with E-state index in [-0.39, 0.29) is 12.1 Å². The number of hydrogen-bond acceptors (Lipinski definition) is 3. The van der Waals surface area contributed by atoms with Crippen molar-refractivity contribution in [3.8, 4) is 17.8 Å². The van der Waals surface area contributed by atoms with Gasteiger partial charge in [-0.05, 0) is 12.1 Å². The monoisotopic (exact) mass is 271 g/mol. The van der Waals surface area contributed by atoms with E-state index < -0.39 is 35.0 Å². The van der Waals surface area contributed by atoms with Crippen molar-refractivity contribution in [3.63, 3.8) is 0 Å². The minimum Gasteiger partial charge on any atom is -0.504 e. The van der Waals surface area contributed by atoms with Gasteiger partial charge in [0.05, 0.1) is 5.56 Å². The lowest BCUT2D eigenvalue weighted by atomic mass is 10.1. The van der Waals surface area contributed by atoms with E-state index in [9.17, 15) is 26.3 Å². The number of nitrogens with zero attached hydrogens (tertiary/aromatic N) is 1. The summed E-state index contributed by atoms with van der Waals surface area (Å²) in [6, 6.07) is -0.200. The van der Waals surface area contributed by atoms with Crippen LogP contribution in [-0.4, -0.2) is 5.11 Å². The number of phenols is 1. The fourth-order valence-electron chi connectivity index (χ4n) is 1.14. The molecule has 0 heterocycles. The average molecular weight is 271 g/mol. The summed E-state index contributed by atoms with van der Waals surface area (Å²) in [4.78, 5) is 0. The van der Waals surface area contributed by atoms with Crippen molar-refractivity contribution in [2.45, 2.75) is 12.4 Å². The smallest absolute Gasteiger partial charge is 0.420 e. The normalized spacial score (nSPS) is 12.1. The van der Waals surface area contributed by atoms with Gasteiger partial charge in [0.25, 0.3) is 6.26 Å². The molecule has 9 heteroatoms. The predicted molar refractivity (Wildman–Crippen MR) is 44.4 cm³/mol. The van der Waals surface area contributed by atoms with Gasteiger partial charge in [-0.1, -0.05) is 0 Å². The van der Waals surface area contributed by atoms with Crippen molar-refractivity contribution in [2.75, 3.05) is 0 Å². The molecule has 0 aliphatic heterocycles. The van der Waals surface area contributed by atoms with Crippen LogP contribution in [0.2, 0.25) is 0 Å². The van der Waals surface area contributed by atoms with Crippen LogP contribution in [0.25, 0.3) is 0 Å². The second-order valence-electron chi connectivity index (χ2n) is 3.06. The number of rotatable bonds is 1. The van der Waals surface area contributed by atoms with Gasteiger partial charge in [0.1, 0.15) is 5.56 Å². The molecule has 1 aromatic rings. The van der Waals surface area contributed by atoms with E-state index in [1.807, 2.05) is 0 Å². The Kier molecular flexibility index (Phi) is 3.32. The van der Waals surface area contributed by atoms with Crippen LogP contribution in [0.4, 0.5) is 26.3 Å². The molecule has 0 spiro atoms. The fraction of sp³-hybridized carbons (Fsp3) is 0.222. The van der Waals surface area contributed by atoms with Gasteiger partial charge < -0.3 is 9.84 Å². The summed E-state index contributed by atoms with van der Waals surface area (Å²) >= 11 is 0. The summed E-state index contributed by atoms with van der Waals surface area (Å²) in [7, 11) is 0. The second-order valence-corrected chi connectivity index (χ2v) is 3.06. The van der Waals surface area contributed by atoms with Crippen molar-refractivity contribution in [2.24, 2.45) is 0 Å². The largest absolute Gasteiger partial charge is 0.504 e. The summed E-state index contributed by atoms with van der Waals surface area (Å²) < 4.78 is 78.0. The average Bonchev–Trinajstić information content (AvgIpc) is 2.17. The van der Waals surface area contributed by atoms with Crippen LogP contribution in [0.15, 0.2) is 12.1 Å². The first-order valence-corrected chi connectivity index (χ1v) is 4.14. The molecule has 0 unspecified atom stereocenters. The van der Waals surface area contributed by atoms with Crippen LogP contribution < -0.4 is 4.74 Å². The van der Waals surface area contributed by atoms with Crippen LogP contribution in [0.5, 0.6) is 11.5 Å². The van der Waals surface area contributed by atoms with Crippen LogP contribution in [0.3, 0.4) is 0 Å². The molecular weight excluding hydrogens is 268 g/mol. The Labute approximate surface area is 95.8 Å². The van der Waals surface area contributed by atoms with Crippen LogP contribution in [0.1, 0.15) is 11.1 Å². The summed E-state index contributed by atoms with van der Waals surface area (Å²) in [5.41, 5.74) is -3.58. The van der Waals surface area contributed by atoms with Crippen molar-refractivity contribution in [3.05, 3.63) is 23.3 Å². The molecule has 0 bridgehead atoms. The maximum Gasteiger partial charge on any atom is 0.420 e. The van der Waals surface area contributed by atoms with Gasteiger partial charge in [-0.25, -0.2) is 0 Å². The Morgan fingerprint density at radius 1 is 1.06 bits per heavy atom. The topological polar surface area (TPSA) is 53.2 Å². The van der Waals surface area contributed by atoms with Gasteiger partial charge >= 0.3 is 12.4 Å². The highest BCUT2D eigenvalue weighted by Crippen LogP contribution is 2.45. The summed E-state index contributed by atoms with van der Waals surface area (Å²) in [6.45, 7) is 0. The summed E-state index contributed by atoms with van der Waals surface area (Å²) in [5.74, 6) is -2.78. The fourth-order valence-corrected chi connectivity index (χ4v) is 1.14. The molecule has 18 heavy (non-hydrogen) atoms. The van der Waals surface area contributed by atoms with Gasteiger partial charge in [0, 0.05) is 0 Å². The molecule has 98 valence electrons. The molecule has 0 atom stereocenters. The van der Waals surface area contributed by atoms with Crippen molar-refractivity contribution in [1.29, 1.82) is 5.26 Å². The van der Waals surface area contributed by atoms with Gasteiger partial charge in [-0.3, -0.25) is 0 Å². The number of ether oxygens (including phenoxy) is 1. The third-order valence-corrected chi connectivity index (χ3v) is 1.85. The first kappa shape index (κ1) is 14.0. The van der Waals surface area contributed by atoms with Gasteiger partial charge in [-0.15, -0.1) is 5.26 Å². The second kappa shape index (κ2) is 4.29. The Balaban J connectivity index is 3.54. The zero-order valence-corrected chi connectivity index (χ0v) is 8.23. The lowest BCUT2D eigenvalue weighted by Crippen LogP contribution is -2.12. The number of halogens is 6. The Bertz CT molecular complexity index is 499. The highest BCUT2D eigenvalue weighted by molar-refractivity contribution is 5.51. The Morgan fingerprint density at radius 3 is 2.00 bits per heavy atom. The third kappa shape index (κ3) is 2.77. The molecule has 0 radical (unpaired) electrons. The van der Waals surface area contributed by atoms with Crippen LogP contribution >= 0.6 is 0 Å². The first-order valence-electron chi connectivity index (χ1n) is 4.14. The number of aromatic hydroxyl groups is 1. The Morgan fingerprint density at radius 2 is 1.61 bits per heavy atom. The Hall–Kier alpha value is -2.11. The minimum atomic E-state index is -5.20. The van der Waals surface area contributed by atoms with Gasteiger partial charge in [-0.2, -0.15) is 26.3 Å². The molecule has 0 amide bonds. The predicted octanol–water partition coefficient (Wildman–Crippen LogP) is 3.29. The van der Waals surface area contributed by atoms with Crippen LogP contribution in [0, 0.1) is 11.5 Å². The van der Waals surface area contributed by atoms with Gasteiger partial charge in [0.2, 0.25) is 0 Å². The van der Waals surface area contributed by atoms with E-state index in [1.54, 1.807) is 0 Å². The highest BCUT2D eigenvalue weighted by atomic mass is 19.4. The third-order valence-electron chi connectivity index (χ3n) is 1.85. The van der Waals surface area contributed by atoms with E-state index in [0.29, 0.717) is 0 Å². The maximum absolute atomic E-state index is 12.5. The lowest BCUT2D eigenvalue weighted by molar-refractivity contribution is -0.143. The van der Waals surface area contributed by atoms with Crippen molar-refractivity contribution < 1.29 is 36.2 Å². The zero-order chi connectivity index (χ0) is 14.1.